The van der Waals surface area contributed by atoms with Crippen molar-refractivity contribution in [2.24, 2.45) is 0 Å². The predicted octanol–water partition coefficient (Wildman–Crippen LogP) is 0.949. The van der Waals surface area contributed by atoms with Gasteiger partial charge in [-0.25, -0.2) is 0 Å². The van der Waals surface area contributed by atoms with Gasteiger partial charge in [-0.15, -0.1) is 0 Å². The number of carbonyl (C=O) groups excluding carboxylic acids is 1. The number of hydrogen-bond acceptors (Lipinski definition) is 4. The number of aryl methyl sites for hydroxylation is 1. The van der Waals surface area contributed by atoms with Crippen molar-refractivity contribution < 1.29 is 14.6 Å². The molecule has 2 fully saturated rings. The molecule has 1 amide bonds. The van der Waals surface area contributed by atoms with Gasteiger partial charge in [0.15, 0.2) is 0 Å². The van der Waals surface area contributed by atoms with Gasteiger partial charge < -0.3 is 15.2 Å². The number of hydrogen-bond donors (Lipinski definition) is 2. The molecule has 1 aromatic rings. The van der Waals surface area contributed by atoms with Gasteiger partial charge in [0.1, 0.15) is 0 Å². The number of aliphatic hydroxyl groups is 1. The fraction of sp³-hybridized carbons (Fsp3) is 0.588. The normalized spacial score (nSPS) is 29.5. The van der Waals surface area contributed by atoms with E-state index >= 15 is 0 Å². The van der Waals surface area contributed by atoms with Crippen LogP contribution in [0.25, 0.3) is 0 Å². The number of morpholine rings is 1. The third kappa shape index (κ3) is 3.32. The van der Waals surface area contributed by atoms with Gasteiger partial charge in [-0.2, -0.15) is 0 Å². The van der Waals surface area contributed by atoms with Crippen molar-refractivity contribution in [1.29, 1.82) is 0 Å². The van der Waals surface area contributed by atoms with E-state index in [2.05, 4.69) is 10.2 Å². The van der Waals surface area contributed by atoms with Crippen LogP contribution in [0.15, 0.2) is 24.3 Å². The first-order valence-corrected chi connectivity index (χ1v) is 8.02. The fourth-order valence-electron chi connectivity index (χ4n) is 3.38. The van der Waals surface area contributed by atoms with Crippen molar-refractivity contribution in [3.8, 4) is 0 Å². The molecule has 1 aromatic carbocycles. The lowest BCUT2D eigenvalue weighted by atomic mass is 10.1. The van der Waals surface area contributed by atoms with Crippen LogP contribution in [0.4, 0.5) is 0 Å². The minimum absolute atomic E-state index is 0.105. The molecular formula is C17H24N2O3. The van der Waals surface area contributed by atoms with Gasteiger partial charge in [0.2, 0.25) is 0 Å². The van der Waals surface area contributed by atoms with Crippen molar-refractivity contribution in [3.05, 3.63) is 35.4 Å². The second-order valence-electron chi connectivity index (χ2n) is 6.23. The van der Waals surface area contributed by atoms with Gasteiger partial charge in [0.05, 0.1) is 25.4 Å². The number of carbonyl (C=O) groups is 1. The number of nitrogens with one attached hydrogen (secondary N) is 1. The molecule has 3 rings (SSSR count). The zero-order chi connectivity index (χ0) is 15.5. The zero-order valence-corrected chi connectivity index (χ0v) is 13.0. The summed E-state index contributed by atoms with van der Waals surface area (Å²) in [5.74, 6) is -0.105. The summed E-state index contributed by atoms with van der Waals surface area (Å²) in [4.78, 5) is 14.6. The van der Waals surface area contributed by atoms with E-state index in [1.165, 1.54) is 0 Å². The molecule has 5 nitrogen and oxygen atoms in total. The van der Waals surface area contributed by atoms with Crippen LogP contribution >= 0.6 is 0 Å². The molecule has 0 bridgehead atoms. The smallest absolute Gasteiger partial charge is 0.251 e. The van der Waals surface area contributed by atoms with Crippen LogP contribution < -0.4 is 5.32 Å². The molecule has 1 saturated heterocycles. The minimum Gasteiger partial charge on any atom is -0.389 e. The maximum atomic E-state index is 12.3. The number of amides is 1. The molecule has 2 N–H and O–H groups in total. The maximum Gasteiger partial charge on any atom is 0.251 e. The molecule has 0 spiro atoms. The average Bonchev–Trinajstić information content (AvgIpc) is 2.90. The SMILES string of the molecule is Cc1ccc(C(=O)N[C@@H]2CC[C@@H](N3CCOCC3)[C@@H]2O)cc1. The molecule has 0 radical (unpaired) electrons. The molecule has 120 valence electrons. The molecule has 0 unspecified atom stereocenters. The molecule has 3 atom stereocenters. The largest absolute Gasteiger partial charge is 0.389 e. The van der Waals surface area contributed by atoms with Gasteiger partial charge >= 0.3 is 0 Å². The van der Waals surface area contributed by atoms with Crippen LogP contribution in [0.5, 0.6) is 0 Å². The molecule has 5 heteroatoms. The van der Waals surface area contributed by atoms with E-state index in [0.717, 1.165) is 44.7 Å². The summed E-state index contributed by atoms with van der Waals surface area (Å²) in [5, 5.41) is 13.5. The van der Waals surface area contributed by atoms with Crippen LogP contribution in [-0.2, 0) is 4.74 Å². The van der Waals surface area contributed by atoms with Gasteiger partial charge in [-0.3, -0.25) is 9.69 Å². The lowest BCUT2D eigenvalue weighted by molar-refractivity contribution is -0.0154. The topological polar surface area (TPSA) is 61.8 Å². The maximum absolute atomic E-state index is 12.3. The Kier molecular flexibility index (Phi) is 4.76. The van der Waals surface area contributed by atoms with Crippen molar-refractivity contribution in [2.75, 3.05) is 26.3 Å². The second-order valence-corrected chi connectivity index (χ2v) is 6.23. The summed E-state index contributed by atoms with van der Waals surface area (Å²) in [6, 6.07) is 7.47. The van der Waals surface area contributed by atoms with Gasteiger partial charge in [0, 0.05) is 24.7 Å². The summed E-state index contributed by atoms with van der Waals surface area (Å²) < 4.78 is 5.36. The van der Waals surface area contributed by atoms with Gasteiger partial charge in [0.25, 0.3) is 5.91 Å². The summed E-state index contributed by atoms with van der Waals surface area (Å²) in [7, 11) is 0. The van der Waals surface area contributed by atoms with Crippen molar-refractivity contribution >= 4 is 5.91 Å². The Hall–Kier alpha value is -1.43. The molecule has 22 heavy (non-hydrogen) atoms. The van der Waals surface area contributed by atoms with E-state index in [1.54, 1.807) is 0 Å². The van der Waals surface area contributed by atoms with Gasteiger partial charge in [-0.1, -0.05) is 17.7 Å². The zero-order valence-electron chi connectivity index (χ0n) is 13.0. The second kappa shape index (κ2) is 6.77. The van der Waals surface area contributed by atoms with Crippen LogP contribution in [0, 0.1) is 6.92 Å². The van der Waals surface area contributed by atoms with Crippen LogP contribution in [-0.4, -0.2) is 60.4 Å². The first-order chi connectivity index (χ1) is 10.6. The highest BCUT2D eigenvalue weighted by atomic mass is 16.5. The monoisotopic (exact) mass is 304 g/mol. The van der Waals surface area contributed by atoms with E-state index < -0.39 is 6.10 Å². The Bertz CT molecular complexity index is 511. The summed E-state index contributed by atoms with van der Waals surface area (Å²) in [5.41, 5.74) is 1.78. The fourth-order valence-corrected chi connectivity index (χ4v) is 3.38. The molecule has 2 aliphatic rings. The quantitative estimate of drug-likeness (QED) is 0.873. The average molecular weight is 304 g/mol. The van der Waals surface area contributed by atoms with E-state index in [1.807, 2.05) is 31.2 Å². The molecule has 1 aliphatic carbocycles. The van der Waals surface area contributed by atoms with Crippen molar-refractivity contribution in [1.82, 2.24) is 10.2 Å². The Morgan fingerprint density at radius 1 is 1.23 bits per heavy atom. The molecule has 0 aromatic heterocycles. The summed E-state index contributed by atoms with van der Waals surface area (Å²) in [6.07, 6.45) is 1.23. The Balaban J connectivity index is 1.59. The first-order valence-electron chi connectivity index (χ1n) is 8.02. The third-order valence-corrected chi connectivity index (χ3v) is 4.72. The lowest BCUT2D eigenvalue weighted by Crippen LogP contribution is -2.51. The van der Waals surface area contributed by atoms with Crippen molar-refractivity contribution in [2.45, 2.75) is 38.0 Å². The number of ether oxygens (including phenoxy) is 1. The number of aliphatic hydroxyl groups excluding tert-OH is 1. The Labute approximate surface area is 131 Å². The minimum atomic E-state index is -0.507. The number of nitrogens with zero attached hydrogens (tertiary/aromatic N) is 1. The van der Waals surface area contributed by atoms with Gasteiger partial charge in [-0.05, 0) is 31.9 Å². The first kappa shape index (κ1) is 15.5. The molecule has 1 heterocycles. The van der Waals surface area contributed by atoms with E-state index in [0.29, 0.717) is 5.56 Å². The van der Waals surface area contributed by atoms with Crippen LogP contribution in [0.1, 0.15) is 28.8 Å². The Morgan fingerprint density at radius 2 is 1.91 bits per heavy atom. The molecular weight excluding hydrogens is 280 g/mol. The molecule has 1 aliphatic heterocycles. The third-order valence-electron chi connectivity index (χ3n) is 4.72. The number of rotatable bonds is 3. The summed E-state index contributed by atoms with van der Waals surface area (Å²) in [6.45, 7) is 5.17. The van der Waals surface area contributed by atoms with Crippen molar-refractivity contribution in [3.63, 3.8) is 0 Å². The highest BCUT2D eigenvalue weighted by Crippen LogP contribution is 2.26. The lowest BCUT2D eigenvalue weighted by Gasteiger charge is -2.34. The summed E-state index contributed by atoms with van der Waals surface area (Å²) >= 11 is 0. The standard InChI is InChI=1S/C17H24N2O3/c1-12-2-4-13(5-3-12)17(21)18-14-6-7-15(16(14)20)19-8-10-22-11-9-19/h2-5,14-16,20H,6-11H2,1H3,(H,18,21)/t14-,15-,16-/m1/s1. The predicted molar refractivity (Wildman–Crippen MR) is 83.9 cm³/mol. The Morgan fingerprint density at radius 3 is 2.59 bits per heavy atom. The van der Waals surface area contributed by atoms with E-state index in [4.69, 9.17) is 4.74 Å². The van der Waals surface area contributed by atoms with E-state index in [9.17, 15) is 9.90 Å². The van der Waals surface area contributed by atoms with E-state index in [-0.39, 0.29) is 18.0 Å². The van der Waals surface area contributed by atoms with Crippen LogP contribution in [0.3, 0.4) is 0 Å². The molecule has 1 saturated carbocycles. The van der Waals surface area contributed by atoms with Crippen LogP contribution in [0.2, 0.25) is 0 Å². The number of benzene rings is 1. The highest BCUT2D eigenvalue weighted by Gasteiger charge is 2.39. The highest BCUT2D eigenvalue weighted by molar-refractivity contribution is 5.94.